The van der Waals surface area contributed by atoms with Gasteiger partial charge >= 0.3 is 0 Å². The van der Waals surface area contributed by atoms with Crippen LogP contribution in [0.1, 0.15) is 5.56 Å². The lowest BCUT2D eigenvalue weighted by molar-refractivity contribution is -0.384. The number of hydrogen-bond acceptors (Lipinski definition) is 5. The molecule has 7 heteroatoms. The summed E-state index contributed by atoms with van der Waals surface area (Å²) in [6.07, 6.45) is 3.39. The molecule has 0 amide bonds. The first-order chi connectivity index (χ1) is 12.2. The van der Waals surface area contributed by atoms with Crippen LogP contribution in [0.2, 0.25) is 0 Å². The summed E-state index contributed by atoms with van der Waals surface area (Å²) in [4.78, 5) is 19.2. The minimum atomic E-state index is -0.428. The largest absolute Gasteiger partial charge is 0.270 e. The van der Waals surface area contributed by atoms with Gasteiger partial charge in [0.1, 0.15) is 6.33 Å². The van der Waals surface area contributed by atoms with Gasteiger partial charge in [0.25, 0.3) is 5.69 Å². The highest BCUT2D eigenvalue weighted by Gasteiger charge is 2.11. The maximum atomic E-state index is 10.9. The molecule has 0 aliphatic carbocycles. The second-order valence-electron chi connectivity index (χ2n) is 5.57. The molecule has 122 valence electrons. The predicted molar refractivity (Wildman–Crippen MR) is 93.0 cm³/mol. The second kappa shape index (κ2) is 6.12. The number of aromatic nitrogens is 4. The van der Waals surface area contributed by atoms with Crippen molar-refractivity contribution in [3.8, 4) is 11.4 Å². The third-order valence-electron chi connectivity index (χ3n) is 3.90. The van der Waals surface area contributed by atoms with Crippen LogP contribution >= 0.6 is 0 Å². The highest BCUT2D eigenvalue weighted by Crippen LogP contribution is 2.21. The zero-order chi connectivity index (χ0) is 17.2. The monoisotopic (exact) mass is 331 g/mol. The fourth-order valence-electron chi connectivity index (χ4n) is 2.73. The Labute approximate surface area is 142 Å². The molecule has 0 bridgehead atoms. The lowest BCUT2D eigenvalue weighted by Crippen LogP contribution is -2.01. The molecule has 0 radical (unpaired) electrons. The standard InChI is InChI=1S/C18H13N5O2/c24-23(25)16-8-2-5-14(10-16)18-20-12-22(21-18)11-15-6-1-4-13-7-3-9-19-17(13)15/h1-10,12H,11H2. The molecule has 0 fully saturated rings. The van der Waals surface area contributed by atoms with E-state index in [0.29, 0.717) is 17.9 Å². The fourth-order valence-corrected chi connectivity index (χ4v) is 2.73. The van der Waals surface area contributed by atoms with E-state index in [0.717, 1.165) is 16.5 Å². The summed E-state index contributed by atoms with van der Waals surface area (Å²) in [5.74, 6) is 0.455. The number of para-hydroxylation sites is 1. The van der Waals surface area contributed by atoms with Gasteiger partial charge in [0.2, 0.25) is 0 Å². The lowest BCUT2D eigenvalue weighted by Gasteiger charge is -2.05. The third-order valence-corrected chi connectivity index (χ3v) is 3.90. The van der Waals surface area contributed by atoms with Crippen LogP contribution < -0.4 is 0 Å². The highest BCUT2D eigenvalue weighted by atomic mass is 16.6. The van der Waals surface area contributed by atoms with Gasteiger partial charge in [-0.15, -0.1) is 0 Å². The van der Waals surface area contributed by atoms with E-state index < -0.39 is 4.92 Å². The molecule has 0 atom stereocenters. The Morgan fingerprint density at radius 2 is 1.88 bits per heavy atom. The van der Waals surface area contributed by atoms with Crippen LogP contribution in [-0.2, 0) is 6.54 Å². The average molecular weight is 331 g/mol. The van der Waals surface area contributed by atoms with Crippen molar-refractivity contribution in [1.82, 2.24) is 19.7 Å². The SMILES string of the molecule is O=[N+]([O-])c1cccc(-c2ncn(Cc3cccc4cccnc34)n2)c1. The number of non-ortho nitro benzene ring substituents is 1. The quantitative estimate of drug-likeness (QED) is 0.422. The second-order valence-corrected chi connectivity index (χ2v) is 5.57. The smallest absolute Gasteiger partial charge is 0.258 e. The first kappa shape index (κ1) is 14.9. The molecule has 0 N–H and O–H groups in total. The van der Waals surface area contributed by atoms with E-state index in [2.05, 4.69) is 15.1 Å². The van der Waals surface area contributed by atoms with Crippen molar-refractivity contribution in [3.63, 3.8) is 0 Å². The van der Waals surface area contributed by atoms with E-state index in [9.17, 15) is 10.1 Å². The van der Waals surface area contributed by atoms with Crippen LogP contribution in [-0.4, -0.2) is 24.7 Å². The summed E-state index contributed by atoms with van der Waals surface area (Å²) < 4.78 is 1.71. The fraction of sp³-hybridized carbons (Fsp3) is 0.0556. The van der Waals surface area contributed by atoms with E-state index in [1.165, 1.54) is 12.1 Å². The van der Waals surface area contributed by atoms with Crippen molar-refractivity contribution in [1.29, 1.82) is 0 Å². The van der Waals surface area contributed by atoms with E-state index in [1.54, 1.807) is 29.3 Å². The van der Waals surface area contributed by atoms with Crippen LogP contribution in [0.3, 0.4) is 0 Å². The first-order valence-corrected chi connectivity index (χ1v) is 7.67. The topological polar surface area (TPSA) is 86.7 Å². The molecule has 0 spiro atoms. The summed E-state index contributed by atoms with van der Waals surface area (Å²) in [5, 5.41) is 16.4. The molecule has 2 aromatic heterocycles. The lowest BCUT2D eigenvalue weighted by atomic mass is 10.1. The minimum Gasteiger partial charge on any atom is -0.258 e. The molecule has 0 aliphatic heterocycles. The van der Waals surface area contributed by atoms with E-state index in [4.69, 9.17) is 0 Å². The van der Waals surface area contributed by atoms with E-state index in [-0.39, 0.29) is 5.69 Å². The number of nitro groups is 1. The van der Waals surface area contributed by atoms with Crippen LogP contribution in [0.5, 0.6) is 0 Å². The van der Waals surface area contributed by atoms with Crippen molar-refractivity contribution >= 4 is 16.6 Å². The summed E-state index contributed by atoms with van der Waals surface area (Å²) in [6, 6.07) is 16.2. The Balaban J connectivity index is 1.65. The normalized spacial score (nSPS) is 10.9. The molecule has 4 rings (SSSR count). The number of nitrogens with zero attached hydrogens (tertiary/aromatic N) is 5. The van der Waals surface area contributed by atoms with Gasteiger partial charge in [0, 0.05) is 29.3 Å². The van der Waals surface area contributed by atoms with Crippen molar-refractivity contribution in [2.45, 2.75) is 6.54 Å². The van der Waals surface area contributed by atoms with Crippen LogP contribution in [0, 0.1) is 10.1 Å². The number of fused-ring (bicyclic) bond motifs is 1. The van der Waals surface area contributed by atoms with Gasteiger partial charge in [0.05, 0.1) is 17.0 Å². The Morgan fingerprint density at radius 1 is 1.04 bits per heavy atom. The van der Waals surface area contributed by atoms with Gasteiger partial charge in [-0.3, -0.25) is 15.1 Å². The van der Waals surface area contributed by atoms with E-state index in [1.807, 2.05) is 30.3 Å². The maximum Gasteiger partial charge on any atom is 0.270 e. The maximum absolute atomic E-state index is 10.9. The predicted octanol–water partition coefficient (Wildman–Crippen LogP) is 3.45. The third kappa shape index (κ3) is 2.94. The summed E-state index contributed by atoms with van der Waals surface area (Å²) in [5.41, 5.74) is 2.60. The Hall–Kier alpha value is -3.61. The van der Waals surface area contributed by atoms with Crippen LogP contribution in [0.25, 0.3) is 22.3 Å². The number of hydrogen-bond donors (Lipinski definition) is 0. The Bertz CT molecular complexity index is 1070. The van der Waals surface area contributed by atoms with Crippen LogP contribution in [0.4, 0.5) is 5.69 Å². The van der Waals surface area contributed by atoms with Crippen molar-refractivity contribution in [2.24, 2.45) is 0 Å². The van der Waals surface area contributed by atoms with Crippen LogP contribution in [0.15, 0.2) is 67.1 Å². The van der Waals surface area contributed by atoms with Gasteiger partial charge in [0.15, 0.2) is 5.82 Å². The molecular formula is C18H13N5O2. The molecule has 7 nitrogen and oxygen atoms in total. The van der Waals surface area contributed by atoms with Crippen molar-refractivity contribution in [3.05, 3.63) is 82.8 Å². The van der Waals surface area contributed by atoms with Gasteiger partial charge in [-0.05, 0) is 11.6 Å². The minimum absolute atomic E-state index is 0.0205. The molecule has 0 aliphatic rings. The molecule has 2 heterocycles. The molecule has 0 unspecified atom stereocenters. The Morgan fingerprint density at radius 3 is 2.76 bits per heavy atom. The summed E-state index contributed by atoms with van der Waals surface area (Å²) in [6.45, 7) is 0.524. The first-order valence-electron chi connectivity index (χ1n) is 7.67. The molecule has 0 saturated heterocycles. The average Bonchev–Trinajstić information content (AvgIpc) is 3.11. The molecule has 4 aromatic rings. The number of benzene rings is 2. The van der Waals surface area contributed by atoms with Crippen molar-refractivity contribution < 1.29 is 4.92 Å². The number of nitro benzene ring substituents is 1. The summed E-state index contributed by atoms with van der Waals surface area (Å²) in [7, 11) is 0. The van der Waals surface area contributed by atoms with Gasteiger partial charge in [-0.25, -0.2) is 9.67 Å². The Kier molecular flexibility index (Phi) is 3.66. The zero-order valence-electron chi connectivity index (χ0n) is 13.1. The molecule has 25 heavy (non-hydrogen) atoms. The zero-order valence-corrected chi connectivity index (χ0v) is 13.1. The molecule has 0 saturated carbocycles. The summed E-state index contributed by atoms with van der Waals surface area (Å²) >= 11 is 0. The molecule has 2 aromatic carbocycles. The number of pyridine rings is 1. The highest BCUT2D eigenvalue weighted by molar-refractivity contribution is 5.81. The van der Waals surface area contributed by atoms with Gasteiger partial charge in [-0.1, -0.05) is 36.4 Å². The molecular weight excluding hydrogens is 318 g/mol. The number of rotatable bonds is 4. The van der Waals surface area contributed by atoms with E-state index >= 15 is 0 Å². The van der Waals surface area contributed by atoms with Gasteiger partial charge < -0.3 is 0 Å². The van der Waals surface area contributed by atoms with Gasteiger partial charge in [-0.2, -0.15) is 5.10 Å². The van der Waals surface area contributed by atoms with Crippen molar-refractivity contribution in [2.75, 3.05) is 0 Å².